The number of carbonyl (C=O) groups is 2. The van der Waals surface area contributed by atoms with Crippen LogP contribution in [-0.2, 0) is 21.4 Å². The lowest BCUT2D eigenvalue weighted by Gasteiger charge is -2.40. The normalized spacial score (nSPS) is 21.2. The fourth-order valence-corrected chi connectivity index (χ4v) is 5.92. The van der Waals surface area contributed by atoms with E-state index in [1.807, 2.05) is 44.2 Å². The summed E-state index contributed by atoms with van der Waals surface area (Å²) >= 11 is 0. The van der Waals surface area contributed by atoms with Crippen molar-refractivity contribution >= 4 is 21.8 Å². The van der Waals surface area contributed by atoms with Gasteiger partial charge in [-0.25, -0.2) is 8.42 Å². The molecule has 0 aromatic heterocycles. The van der Waals surface area contributed by atoms with E-state index in [1.54, 1.807) is 24.1 Å². The van der Waals surface area contributed by atoms with Gasteiger partial charge in [0, 0.05) is 38.3 Å². The molecule has 2 amide bonds. The minimum absolute atomic E-state index is 0.0556. The predicted octanol–water partition coefficient (Wildman–Crippen LogP) is 2.91. The molecule has 0 aliphatic carbocycles. The predicted molar refractivity (Wildman–Crippen MR) is 128 cm³/mol. The molecule has 1 aliphatic rings. The Morgan fingerprint density at radius 2 is 1.64 bits per heavy atom. The van der Waals surface area contributed by atoms with Crippen molar-refractivity contribution in [2.24, 2.45) is 11.8 Å². The summed E-state index contributed by atoms with van der Waals surface area (Å²) in [5, 5.41) is 2.91. The van der Waals surface area contributed by atoms with E-state index in [2.05, 4.69) is 11.9 Å². The van der Waals surface area contributed by atoms with Crippen LogP contribution in [0.2, 0.25) is 0 Å². The smallest absolute Gasteiger partial charge is 0.253 e. The van der Waals surface area contributed by atoms with Crippen LogP contribution in [0.3, 0.4) is 0 Å². The Bertz CT molecular complexity index is 1090. The van der Waals surface area contributed by atoms with Crippen LogP contribution >= 0.6 is 0 Å². The largest absolute Gasteiger partial charge is 0.349 e. The second kappa shape index (κ2) is 10.3. The van der Waals surface area contributed by atoms with Crippen molar-refractivity contribution in [1.29, 1.82) is 0 Å². The van der Waals surface area contributed by atoms with E-state index in [0.717, 1.165) is 5.56 Å². The molecule has 2 aromatic rings. The number of hydrogen-bond donors (Lipinski definition) is 1. The summed E-state index contributed by atoms with van der Waals surface area (Å²) in [6.45, 7) is 8.40. The topological polar surface area (TPSA) is 86.8 Å². The number of carbonyl (C=O) groups excluding carboxylic acids is 2. The van der Waals surface area contributed by atoms with Gasteiger partial charge in [0.25, 0.3) is 5.91 Å². The van der Waals surface area contributed by atoms with Gasteiger partial charge >= 0.3 is 0 Å². The highest BCUT2D eigenvalue weighted by atomic mass is 32.2. The quantitative estimate of drug-likeness (QED) is 0.632. The Morgan fingerprint density at radius 1 is 1.06 bits per heavy atom. The van der Waals surface area contributed by atoms with Crippen LogP contribution in [0.15, 0.2) is 72.1 Å². The van der Waals surface area contributed by atoms with Crippen LogP contribution in [0.1, 0.15) is 29.8 Å². The molecule has 3 rings (SSSR count). The Hall–Kier alpha value is -2.97. The van der Waals surface area contributed by atoms with E-state index in [-0.39, 0.29) is 34.6 Å². The van der Waals surface area contributed by atoms with E-state index >= 15 is 0 Å². The molecule has 7 nitrogen and oxygen atoms in total. The molecule has 2 unspecified atom stereocenters. The number of nitrogens with zero attached hydrogens (tertiary/aromatic N) is 2. The molecule has 33 heavy (non-hydrogen) atoms. The second-order valence-electron chi connectivity index (χ2n) is 8.69. The van der Waals surface area contributed by atoms with Crippen LogP contribution in [0.4, 0.5) is 0 Å². The summed E-state index contributed by atoms with van der Waals surface area (Å²) in [5.41, 5.74) is 1.45. The molecule has 1 fully saturated rings. The van der Waals surface area contributed by atoms with Gasteiger partial charge in [0.05, 0.1) is 4.90 Å². The first-order chi connectivity index (χ1) is 15.6. The molecule has 0 bridgehead atoms. The first-order valence-corrected chi connectivity index (χ1v) is 12.4. The van der Waals surface area contributed by atoms with Gasteiger partial charge in [0.15, 0.2) is 0 Å². The average Bonchev–Trinajstić information content (AvgIpc) is 2.81. The molecule has 1 N–H and O–H groups in total. The van der Waals surface area contributed by atoms with Crippen molar-refractivity contribution < 1.29 is 18.0 Å². The molecule has 1 heterocycles. The zero-order chi connectivity index (χ0) is 24.2. The highest BCUT2D eigenvalue weighted by molar-refractivity contribution is 7.89. The molecule has 1 saturated heterocycles. The summed E-state index contributed by atoms with van der Waals surface area (Å²) in [6, 6.07) is 15.6. The van der Waals surface area contributed by atoms with E-state index < -0.39 is 10.0 Å². The van der Waals surface area contributed by atoms with Crippen LogP contribution in [0.5, 0.6) is 0 Å². The first kappa shape index (κ1) is 24.7. The molecule has 2 aromatic carbocycles. The summed E-state index contributed by atoms with van der Waals surface area (Å²) in [7, 11) is -2.00. The molecular formula is C25H31N3O4S. The van der Waals surface area contributed by atoms with Gasteiger partial charge in [0.1, 0.15) is 0 Å². The lowest BCUT2D eigenvalue weighted by Crippen LogP contribution is -2.55. The summed E-state index contributed by atoms with van der Waals surface area (Å²) in [4.78, 5) is 26.2. The summed E-state index contributed by atoms with van der Waals surface area (Å²) in [5.74, 6) is -0.545. The fourth-order valence-electron chi connectivity index (χ4n) is 4.28. The van der Waals surface area contributed by atoms with Crippen molar-refractivity contribution in [2.45, 2.75) is 31.3 Å². The third-order valence-electron chi connectivity index (χ3n) is 6.05. The summed E-state index contributed by atoms with van der Waals surface area (Å²) < 4.78 is 27.9. The molecule has 0 saturated carbocycles. The van der Waals surface area contributed by atoms with Gasteiger partial charge < -0.3 is 10.2 Å². The number of nitrogens with one attached hydrogen (secondary N) is 1. The van der Waals surface area contributed by atoms with Crippen LogP contribution in [-0.4, -0.2) is 55.6 Å². The lowest BCUT2D eigenvalue weighted by atomic mass is 9.87. The maximum Gasteiger partial charge on any atom is 0.253 e. The molecule has 176 valence electrons. The molecule has 0 spiro atoms. The van der Waals surface area contributed by atoms with Crippen molar-refractivity contribution in [1.82, 2.24) is 14.5 Å². The molecule has 8 heteroatoms. The number of benzene rings is 2. The Balaban J connectivity index is 1.70. The fraction of sp³-hybridized carbons (Fsp3) is 0.360. The molecular weight excluding hydrogens is 438 g/mol. The zero-order valence-corrected chi connectivity index (χ0v) is 20.1. The van der Waals surface area contributed by atoms with Crippen LogP contribution in [0.25, 0.3) is 0 Å². The van der Waals surface area contributed by atoms with E-state index in [0.29, 0.717) is 25.2 Å². The molecule has 0 radical (unpaired) electrons. The Kier molecular flexibility index (Phi) is 7.71. The van der Waals surface area contributed by atoms with Crippen molar-refractivity contribution in [2.75, 3.05) is 20.1 Å². The van der Waals surface area contributed by atoms with E-state index in [4.69, 9.17) is 0 Å². The maximum absolute atomic E-state index is 13.2. The minimum atomic E-state index is -3.72. The van der Waals surface area contributed by atoms with Crippen LogP contribution < -0.4 is 5.32 Å². The molecule has 1 aliphatic heterocycles. The highest BCUT2D eigenvalue weighted by Gasteiger charge is 2.38. The number of rotatable bonds is 7. The van der Waals surface area contributed by atoms with Crippen molar-refractivity contribution in [3.05, 3.63) is 78.4 Å². The van der Waals surface area contributed by atoms with Gasteiger partial charge in [-0.2, -0.15) is 4.31 Å². The maximum atomic E-state index is 13.2. The minimum Gasteiger partial charge on any atom is -0.349 e. The monoisotopic (exact) mass is 469 g/mol. The van der Waals surface area contributed by atoms with Gasteiger partial charge in [-0.3, -0.25) is 9.59 Å². The zero-order valence-electron chi connectivity index (χ0n) is 19.3. The highest BCUT2D eigenvalue weighted by Crippen LogP contribution is 2.27. The number of amides is 2. The van der Waals surface area contributed by atoms with Crippen molar-refractivity contribution in [3.8, 4) is 0 Å². The second-order valence-corrected chi connectivity index (χ2v) is 10.6. The van der Waals surface area contributed by atoms with Gasteiger partial charge in [-0.05, 0) is 47.7 Å². The molecule has 2 atom stereocenters. The number of sulfonamides is 1. The van der Waals surface area contributed by atoms with Gasteiger partial charge in [-0.15, -0.1) is 0 Å². The van der Waals surface area contributed by atoms with Crippen LogP contribution in [0, 0.1) is 11.8 Å². The van der Waals surface area contributed by atoms with E-state index in [1.165, 1.54) is 22.5 Å². The third-order valence-corrected chi connectivity index (χ3v) is 7.90. The first-order valence-electron chi connectivity index (χ1n) is 11.0. The van der Waals surface area contributed by atoms with Crippen molar-refractivity contribution in [3.63, 3.8) is 0 Å². The standard InChI is InChI=1S/C25H31N3O4S/c1-5-23(29)26-24-18(2)15-28(16-19(24)3)33(31,32)22-13-11-21(12-14-22)25(30)27(4)17-20-9-7-6-8-10-20/h5-14,18-19,24H,1,15-17H2,2-4H3,(H,26,29). The Morgan fingerprint density at radius 3 is 2.18 bits per heavy atom. The van der Waals surface area contributed by atoms with E-state index in [9.17, 15) is 18.0 Å². The average molecular weight is 470 g/mol. The van der Waals surface area contributed by atoms with Gasteiger partial charge in [-0.1, -0.05) is 50.8 Å². The SMILES string of the molecule is C=CC(=O)NC1C(C)CN(S(=O)(=O)c2ccc(C(=O)N(C)Cc3ccccc3)cc2)CC1C. The Labute approximate surface area is 196 Å². The number of hydrogen-bond acceptors (Lipinski definition) is 4. The van der Waals surface area contributed by atoms with Gasteiger partial charge in [0.2, 0.25) is 15.9 Å². The third kappa shape index (κ3) is 5.69. The summed E-state index contributed by atoms with van der Waals surface area (Å²) in [6.07, 6.45) is 1.22. The number of piperidine rings is 1. The lowest BCUT2D eigenvalue weighted by molar-refractivity contribution is -0.118.